The third kappa shape index (κ3) is 4.88. The van der Waals surface area contributed by atoms with Gasteiger partial charge in [0.05, 0.1) is 6.10 Å². The first-order valence-electron chi connectivity index (χ1n) is 5.65. The fourth-order valence-corrected chi connectivity index (χ4v) is 1.79. The fourth-order valence-electron chi connectivity index (χ4n) is 1.39. The van der Waals surface area contributed by atoms with E-state index in [-0.39, 0.29) is 23.4 Å². The number of carbonyl (C=O) groups excluding carboxylic acids is 1. The Hall–Kier alpha value is -0.870. The Morgan fingerprint density at radius 1 is 1.35 bits per heavy atom. The summed E-state index contributed by atoms with van der Waals surface area (Å²) >= 11 is 3.50. The van der Waals surface area contributed by atoms with Crippen molar-refractivity contribution in [3.05, 3.63) is 29.8 Å². The van der Waals surface area contributed by atoms with E-state index < -0.39 is 0 Å². The SMILES string of the molecule is CC(C)OCC(=O)Nc1ccccc1C(C)Br. The van der Waals surface area contributed by atoms with Crippen LogP contribution < -0.4 is 5.32 Å². The zero-order valence-electron chi connectivity index (χ0n) is 10.4. The second kappa shape index (κ2) is 6.77. The summed E-state index contributed by atoms with van der Waals surface area (Å²) in [5.74, 6) is -0.126. The monoisotopic (exact) mass is 299 g/mol. The molecule has 94 valence electrons. The van der Waals surface area contributed by atoms with Crippen molar-refractivity contribution < 1.29 is 9.53 Å². The number of carbonyl (C=O) groups is 1. The number of benzene rings is 1. The molecule has 0 radical (unpaired) electrons. The smallest absolute Gasteiger partial charge is 0.250 e. The van der Waals surface area contributed by atoms with Crippen LogP contribution in [0.5, 0.6) is 0 Å². The van der Waals surface area contributed by atoms with Crippen LogP contribution in [0.15, 0.2) is 24.3 Å². The van der Waals surface area contributed by atoms with Crippen molar-refractivity contribution in [1.29, 1.82) is 0 Å². The van der Waals surface area contributed by atoms with E-state index in [1.54, 1.807) is 0 Å². The van der Waals surface area contributed by atoms with Crippen molar-refractivity contribution in [3.8, 4) is 0 Å². The molecule has 0 heterocycles. The molecule has 0 aliphatic carbocycles. The van der Waals surface area contributed by atoms with Crippen LogP contribution in [0.2, 0.25) is 0 Å². The lowest BCUT2D eigenvalue weighted by Crippen LogP contribution is -2.21. The number of anilines is 1. The Kier molecular flexibility index (Phi) is 5.65. The zero-order chi connectivity index (χ0) is 12.8. The molecule has 1 unspecified atom stereocenters. The van der Waals surface area contributed by atoms with Gasteiger partial charge >= 0.3 is 0 Å². The van der Waals surface area contributed by atoms with E-state index in [1.165, 1.54) is 0 Å². The van der Waals surface area contributed by atoms with E-state index in [4.69, 9.17) is 4.74 Å². The van der Waals surface area contributed by atoms with E-state index in [9.17, 15) is 4.79 Å². The average molecular weight is 300 g/mol. The molecule has 1 atom stereocenters. The molecule has 1 amide bonds. The van der Waals surface area contributed by atoms with Gasteiger partial charge in [0.2, 0.25) is 5.91 Å². The van der Waals surface area contributed by atoms with Crippen LogP contribution in [-0.2, 0) is 9.53 Å². The Balaban J connectivity index is 2.65. The maximum Gasteiger partial charge on any atom is 0.250 e. The number of ether oxygens (including phenoxy) is 1. The van der Waals surface area contributed by atoms with Crippen molar-refractivity contribution in [2.45, 2.75) is 31.7 Å². The van der Waals surface area contributed by atoms with Crippen LogP contribution in [0.25, 0.3) is 0 Å². The molecule has 17 heavy (non-hydrogen) atoms. The molecule has 0 saturated heterocycles. The van der Waals surface area contributed by atoms with Gasteiger partial charge in [-0.05, 0) is 32.4 Å². The highest BCUT2D eigenvalue weighted by atomic mass is 79.9. The van der Waals surface area contributed by atoms with Crippen molar-refractivity contribution in [2.75, 3.05) is 11.9 Å². The molecule has 1 aromatic rings. The van der Waals surface area contributed by atoms with Gasteiger partial charge in [-0.3, -0.25) is 4.79 Å². The number of nitrogens with one attached hydrogen (secondary N) is 1. The highest BCUT2D eigenvalue weighted by Gasteiger charge is 2.10. The number of amides is 1. The highest BCUT2D eigenvalue weighted by Crippen LogP contribution is 2.28. The van der Waals surface area contributed by atoms with Gasteiger partial charge in [-0.25, -0.2) is 0 Å². The van der Waals surface area contributed by atoms with Crippen molar-refractivity contribution in [1.82, 2.24) is 0 Å². The molecule has 4 heteroatoms. The van der Waals surface area contributed by atoms with Gasteiger partial charge in [0, 0.05) is 10.5 Å². The first-order valence-corrected chi connectivity index (χ1v) is 6.56. The van der Waals surface area contributed by atoms with Crippen molar-refractivity contribution in [3.63, 3.8) is 0 Å². The topological polar surface area (TPSA) is 38.3 Å². The van der Waals surface area contributed by atoms with Crippen LogP contribution in [-0.4, -0.2) is 18.6 Å². The summed E-state index contributed by atoms with van der Waals surface area (Å²) in [7, 11) is 0. The number of halogens is 1. The Bertz CT molecular complexity index is 377. The van der Waals surface area contributed by atoms with E-state index in [1.807, 2.05) is 45.0 Å². The minimum atomic E-state index is -0.126. The second-order valence-corrected chi connectivity index (χ2v) is 5.48. The fraction of sp³-hybridized carbons (Fsp3) is 0.462. The molecule has 0 spiro atoms. The zero-order valence-corrected chi connectivity index (χ0v) is 12.0. The van der Waals surface area contributed by atoms with Crippen LogP contribution in [0, 0.1) is 0 Å². The molecule has 0 fully saturated rings. The first-order chi connectivity index (χ1) is 8.00. The average Bonchev–Trinajstić information content (AvgIpc) is 2.27. The van der Waals surface area contributed by atoms with Gasteiger partial charge in [-0.15, -0.1) is 0 Å². The van der Waals surface area contributed by atoms with Gasteiger partial charge < -0.3 is 10.1 Å². The third-order valence-corrected chi connectivity index (χ3v) is 2.70. The lowest BCUT2D eigenvalue weighted by molar-refractivity contribution is -0.121. The molecule has 0 saturated carbocycles. The summed E-state index contributed by atoms with van der Waals surface area (Å²) in [4.78, 5) is 11.8. The lowest BCUT2D eigenvalue weighted by atomic mass is 10.1. The molecule has 1 N–H and O–H groups in total. The standard InChI is InChI=1S/C13H18BrNO2/c1-9(2)17-8-13(16)15-12-7-5-4-6-11(12)10(3)14/h4-7,9-10H,8H2,1-3H3,(H,15,16). The Morgan fingerprint density at radius 3 is 2.59 bits per heavy atom. The van der Waals surface area contributed by atoms with Gasteiger partial charge in [-0.1, -0.05) is 34.1 Å². The van der Waals surface area contributed by atoms with Gasteiger partial charge in [-0.2, -0.15) is 0 Å². The molecule has 1 aromatic carbocycles. The van der Waals surface area contributed by atoms with Gasteiger partial charge in [0.1, 0.15) is 6.61 Å². The van der Waals surface area contributed by atoms with E-state index in [0.29, 0.717) is 0 Å². The second-order valence-electron chi connectivity index (χ2n) is 4.11. The number of alkyl halides is 1. The molecule has 0 aliphatic rings. The molecule has 1 rings (SSSR count). The Labute approximate surface area is 111 Å². The summed E-state index contributed by atoms with van der Waals surface area (Å²) in [5.41, 5.74) is 1.89. The van der Waals surface area contributed by atoms with E-state index in [2.05, 4.69) is 21.2 Å². The predicted octanol–water partition coefficient (Wildman–Crippen LogP) is 3.51. The van der Waals surface area contributed by atoms with Crippen molar-refractivity contribution >= 4 is 27.5 Å². The van der Waals surface area contributed by atoms with Crippen LogP contribution in [0.1, 0.15) is 31.2 Å². The Morgan fingerprint density at radius 2 is 2.00 bits per heavy atom. The third-order valence-electron chi connectivity index (χ3n) is 2.21. The molecule has 0 aromatic heterocycles. The summed E-state index contributed by atoms with van der Waals surface area (Å²) < 4.78 is 5.25. The van der Waals surface area contributed by atoms with Gasteiger partial charge in [0.15, 0.2) is 0 Å². The minimum absolute atomic E-state index is 0.0612. The maximum absolute atomic E-state index is 11.6. The van der Waals surface area contributed by atoms with Crippen molar-refractivity contribution in [2.24, 2.45) is 0 Å². The number of rotatable bonds is 5. The number of hydrogen-bond acceptors (Lipinski definition) is 2. The maximum atomic E-state index is 11.6. The van der Waals surface area contributed by atoms with Crippen LogP contribution >= 0.6 is 15.9 Å². The largest absolute Gasteiger partial charge is 0.369 e. The molecular formula is C13H18BrNO2. The molecule has 0 bridgehead atoms. The van der Waals surface area contributed by atoms with Gasteiger partial charge in [0.25, 0.3) is 0 Å². The predicted molar refractivity (Wildman–Crippen MR) is 73.5 cm³/mol. The minimum Gasteiger partial charge on any atom is -0.369 e. The molecule has 3 nitrogen and oxygen atoms in total. The van der Waals surface area contributed by atoms with E-state index >= 15 is 0 Å². The van der Waals surface area contributed by atoms with E-state index in [0.717, 1.165) is 11.3 Å². The lowest BCUT2D eigenvalue weighted by Gasteiger charge is -2.13. The first kappa shape index (κ1) is 14.2. The highest BCUT2D eigenvalue weighted by molar-refractivity contribution is 9.09. The summed E-state index contributed by atoms with van der Waals surface area (Å²) in [6.45, 7) is 5.92. The van der Waals surface area contributed by atoms with Crippen LogP contribution in [0.3, 0.4) is 0 Å². The summed E-state index contributed by atoms with van der Waals surface area (Å²) in [6, 6.07) is 7.73. The molecule has 0 aliphatic heterocycles. The normalized spacial score (nSPS) is 12.5. The van der Waals surface area contributed by atoms with Crippen LogP contribution in [0.4, 0.5) is 5.69 Å². The number of hydrogen-bond donors (Lipinski definition) is 1. The molecular weight excluding hydrogens is 282 g/mol. The summed E-state index contributed by atoms with van der Waals surface area (Å²) in [5, 5.41) is 2.85. The number of para-hydroxylation sites is 1. The quantitative estimate of drug-likeness (QED) is 0.845. The summed E-state index contributed by atoms with van der Waals surface area (Å²) in [6.07, 6.45) is 0.0612.